The van der Waals surface area contributed by atoms with Gasteiger partial charge in [-0.05, 0) is 20.8 Å². The second-order valence-electron chi connectivity index (χ2n) is 4.95. The van der Waals surface area contributed by atoms with Crippen molar-refractivity contribution in [3.8, 4) is 6.07 Å². The summed E-state index contributed by atoms with van der Waals surface area (Å²) in [6, 6.07) is 2.04. The van der Waals surface area contributed by atoms with Crippen molar-refractivity contribution >= 4 is 5.82 Å². The van der Waals surface area contributed by atoms with E-state index in [1.165, 1.54) is 6.20 Å². The van der Waals surface area contributed by atoms with Crippen LogP contribution >= 0.6 is 0 Å². The fourth-order valence-corrected chi connectivity index (χ4v) is 1.39. The Labute approximate surface area is 105 Å². The number of hydrogen-bond donors (Lipinski definition) is 2. The molecule has 0 amide bonds. The van der Waals surface area contributed by atoms with Crippen LogP contribution in [0.1, 0.15) is 32.0 Å². The van der Waals surface area contributed by atoms with Crippen molar-refractivity contribution < 1.29 is 0 Å². The average molecular weight is 245 g/mol. The Morgan fingerprint density at radius 3 is 2.89 bits per heavy atom. The van der Waals surface area contributed by atoms with Gasteiger partial charge in [0.05, 0.1) is 24.5 Å². The highest BCUT2D eigenvalue weighted by Crippen LogP contribution is 2.13. The van der Waals surface area contributed by atoms with Gasteiger partial charge in [0.2, 0.25) is 0 Å². The van der Waals surface area contributed by atoms with Crippen molar-refractivity contribution in [3.63, 3.8) is 0 Å². The molecule has 2 rings (SSSR count). The summed E-state index contributed by atoms with van der Waals surface area (Å²) in [7, 11) is 0. The minimum Gasteiger partial charge on any atom is -0.364 e. The van der Waals surface area contributed by atoms with E-state index in [2.05, 4.69) is 46.6 Å². The summed E-state index contributed by atoms with van der Waals surface area (Å²) in [6.07, 6.45) is 3.36. The van der Waals surface area contributed by atoms with E-state index in [1.807, 2.05) is 16.9 Å². The molecule has 0 atom stereocenters. The van der Waals surface area contributed by atoms with Crippen LogP contribution in [-0.4, -0.2) is 25.2 Å². The van der Waals surface area contributed by atoms with Gasteiger partial charge in [-0.1, -0.05) is 5.21 Å². The van der Waals surface area contributed by atoms with Gasteiger partial charge in [0.15, 0.2) is 0 Å². The molecule has 0 bridgehead atoms. The molecule has 7 nitrogen and oxygen atoms in total. The lowest BCUT2D eigenvalue weighted by atomic mass is 10.1. The van der Waals surface area contributed by atoms with Crippen LogP contribution in [0.5, 0.6) is 0 Å². The molecule has 7 heteroatoms. The molecule has 18 heavy (non-hydrogen) atoms. The van der Waals surface area contributed by atoms with E-state index >= 15 is 0 Å². The second kappa shape index (κ2) is 4.49. The zero-order chi connectivity index (χ0) is 13.2. The molecule has 0 aromatic carbocycles. The molecule has 0 aliphatic rings. The molecule has 0 aliphatic carbocycles. The summed E-state index contributed by atoms with van der Waals surface area (Å²) in [5.41, 5.74) is 1.21. The summed E-state index contributed by atoms with van der Waals surface area (Å²) >= 11 is 0. The third-order valence-electron chi connectivity index (χ3n) is 2.43. The highest BCUT2D eigenvalue weighted by Gasteiger charge is 2.15. The van der Waals surface area contributed by atoms with Gasteiger partial charge in [0.1, 0.15) is 23.1 Å². The largest absolute Gasteiger partial charge is 0.364 e. The van der Waals surface area contributed by atoms with Gasteiger partial charge in [0, 0.05) is 0 Å². The quantitative estimate of drug-likeness (QED) is 0.848. The zero-order valence-corrected chi connectivity index (χ0v) is 10.6. The van der Waals surface area contributed by atoms with Crippen molar-refractivity contribution in [2.45, 2.75) is 32.9 Å². The molecule has 0 aliphatic heterocycles. The van der Waals surface area contributed by atoms with E-state index in [4.69, 9.17) is 5.26 Å². The fourth-order valence-electron chi connectivity index (χ4n) is 1.39. The number of H-pyrrole nitrogens is 1. The van der Waals surface area contributed by atoms with Gasteiger partial charge in [-0.25, -0.2) is 4.68 Å². The molecule has 0 fully saturated rings. The maximum Gasteiger partial charge on any atom is 0.139 e. The van der Waals surface area contributed by atoms with E-state index in [0.717, 1.165) is 5.69 Å². The van der Waals surface area contributed by atoms with Gasteiger partial charge in [0.25, 0.3) is 0 Å². The van der Waals surface area contributed by atoms with Crippen LogP contribution < -0.4 is 5.32 Å². The number of aromatic nitrogens is 5. The lowest BCUT2D eigenvalue weighted by Crippen LogP contribution is -2.22. The Kier molecular flexibility index (Phi) is 3.02. The van der Waals surface area contributed by atoms with Gasteiger partial charge in [-0.3, -0.25) is 5.10 Å². The molecule has 0 spiro atoms. The van der Waals surface area contributed by atoms with Crippen LogP contribution in [0.15, 0.2) is 12.4 Å². The first-order valence-electron chi connectivity index (χ1n) is 5.60. The average Bonchev–Trinajstić information content (AvgIpc) is 2.94. The first kappa shape index (κ1) is 12.1. The second-order valence-corrected chi connectivity index (χ2v) is 4.95. The van der Waals surface area contributed by atoms with E-state index < -0.39 is 0 Å². The third kappa shape index (κ3) is 2.48. The number of aromatic amines is 1. The highest BCUT2D eigenvalue weighted by atomic mass is 15.4. The first-order chi connectivity index (χ1) is 8.50. The standard InChI is InChI=1S/C11H15N7/c1-11(2,3)18-7-9(15-17-18)6-13-10-8(4-12)5-14-16-10/h5,7H,6H2,1-3H3,(H2,13,14,16). The maximum atomic E-state index is 8.83. The molecular weight excluding hydrogens is 230 g/mol. The van der Waals surface area contributed by atoms with Crippen LogP contribution in [0.4, 0.5) is 5.82 Å². The highest BCUT2D eigenvalue weighted by molar-refractivity contribution is 5.50. The van der Waals surface area contributed by atoms with E-state index in [-0.39, 0.29) is 5.54 Å². The van der Waals surface area contributed by atoms with Gasteiger partial charge >= 0.3 is 0 Å². The van der Waals surface area contributed by atoms with Crippen molar-refractivity contribution in [1.29, 1.82) is 5.26 Å². The van der Waals surface area contributed by atoms with Crippen LogP contribution in [-0.2, 0) is 12.1 Å². The van der Waals surface area contributed by atoms with Crippen molar-refractivity contribution in [2.75, 3.05) is 5.32 Å². The van der Waals surface area contributed by atoms with E-state index in [0.29, 0.717) is 17.9 Å². The number of nitriles is 1. The predicted molar refractivity (Wildman–Crippen MR) is 65.6 cm³/mol. The van der Waals surface area contributed by atoms with Gasteiger partial charge in [-0.15, -0.1) is 5.10 Å². The molecular formula is C11H15N7. The molecule has 2 aromatic rings. The predicted octanol–water partition coefficient (Wildman–Crippen LogP) is 1.24. The first-order valence-corrected chi connectivity index (χ1v) is 5.60. The summed E-state index contributed by atoms with van der Waals surface area (Å²) in [5.74, 6) is 0.600. The van der Waals surface area contributed by atoms with Crippen molar-refractivity contribution in [1.82, 2.24) is 25.2 Å². The lowest BCUT2D eigenvalue weighted by molar-refractivity contribution is 0.347. The molecule has 0 saturated heterocycles. The van der Waals surface area contributed by atoms with Crippen LogP contribution in [0.2, 0.25) is 0 Å². The molecule has 0 radical (unpaired) electrons. The SMILES string of the molecule is CC(C)(C)n1cc(CNc2[nH]ncc2C#N)nn1. The van der Waals surface area contributed by atoms with Crippen molar-refractivity contribution in [3.05, 3.63) is 23.7 Å². The molecule has 2 heterocycles. The molecule has 2 aromatic heterocycles. The summed E-state index contributed by atoms with van der Waals surface area (Å²) in [4.78, 5) is 0. The lowest BCUT2D eigenvalue weighted by Gasteiger charge is -2.17. The minimum atomic E-state index is -0.0863. The Hall–Kier alpha value is -2.36. The molecule has 94 valence electrons. The molecule has 0 unspecified atom stereocenters. The normalized spacial score (nSPS) is 11.2. The number of nitrogens with zero attached hydrogens (tertiary/aromatic N) is 5. The van der Waals surface area contributed by atoms with E-state index in [9.17, 15) is 0 Å². The summed E-state index contributed by atoms with van der Waals surface area (Å²) < 4.78 is 1.81. The maximum absolute atomic E-state index is 8.83. The van der Waals surface area contributed by atoms with Crippen LogP contribution in [0.25, 0.3) is 0 Å². The minimum absolute atomic E-state index is 0.0863. The molecule has 2 N–H and O–H groups in total. The zero-order valence-electron chi connectivity index (χ0n) is 10.6. The Morgan fingerprint density at radius 2 is 2.28 bits per heavy atom. The summed E-state index contributed by atoms with van der Waals surface area (Å²) in [6.45, 7) is 6.66. The van der Waals surface area contributed by atoms with Gasteiger partial charge < -0.3 is 5.32 Å². The molecule has 0 saturated carbocycles. The van der Waals surface area contributed by atoms with Crippen LogP contribution in [0, 0.1) is 11.3 Å². The van der Waals surface area contributed by atoms with Gasteiger partial charge in [-0.2, -0.15) is 10.4 Å². The number of anilines is 1. The summed E-state index contributed by atoms with van der Waals surface area (Å²) in [5, 5.41) is 26.6. The third-order valence-corrected chi connectivity index (χ3v) is 2.43. The smallest absolute Gasteiger partial charge is 0.139 e. The Morgan fingerprint density at radius 1 is 1.50 bits per heavy atom. The Bertz CT molecular complexity index is 567. The number of hydrogen-bond acceptors (Lipinski definition) is 5. The topological polar surface area (TPSA) is 95.2 Å². The fraction of sp³-hybridized carbons (Fsp3) is 0.455. The van der Waals surface area contributed by atoms with E-state index in [1.54, 1.807) is 0 Å². The van der Waals surface area contributed by atoms with Crippen LogP contribution in [0.3, 0.4) is 0 Å². The Balaban J connectivity index is 2.03. The monoisotopic (exact) mass is 245 g/mol. The number of rotatable bonds is 3. The number of nitrogens with one attached hydrogen (secondary N) is 2. The van der Waals surface area contributed by atoms with Crippen molar-refractivity contribution in [2.24, 2.45) is 0 Å².